The number of methoxy groups -OCH3 is 1. The van der Waals surface area contributed by atoms with Crippen molar-refractivity contribution < 1.29 is 9.53 Å². The summed E-state index contributed by atoms with van der Waals surface area (Å²) in [5.41, 5.74) is 8.90. The Kier molecular flexibility index (Phi) is 5.66. The van der Waals surface area contributed by atoms with Gasteiger partial charge in [-0.2, -0.15) is 0 Å². The number of nitrogens with one attached hydrogen (secondary N) is 1. The number of imidazole rings is 1. The van der Waals surface area contributed by atoms with Crippen LogP contribution in [-0.2, 0) is 24.0 Å². The van der Waals surface area contributed by atoms with Crippen LogP contribution >= 0.6 is 0 Å². The number of aryl methyl sites for hydroxylation is 3. The van der Waals surface area contributed by atoms with E-state index in [9.17, 15) is 4.79 Å². The number of esters is 1. The number of H-pyrrole nitrogens is 1. The van der Waals surface area contributed by atoms with Gasteiger partial charge in [0.1, 0.15) is 5.82 Å². The lowest BCUT2D eigenvalue weighted by Crippen LogP contribution is -2.01. The minimum absolute atomic E-state index is 0.314. The zero-order valence-corrected chi connectivity index (χ0v) is 17.7. The number of fused-ring (bicyclic) bond motifs is 1. The van der Waals surface area contributed by atoms with E-state index in [4.69, 9.17) is 9.72 Å². The zero-order chi connectivity index (χ0) is 21.1. The standard InChI is InChI=1S/C26H26N2O2/c1-17-15-23-25(28-24(27-23)14-11-19-7-5-4-6-8-19)22(18(17)2)16-20-9-12-21(13-10-20)26(29)30-3/h4-10,12-13,15H,11,14,16H2,1-3H3,(H,27,28). The van der Waals surface area contributed by atoms with Crippen molar-refractivity contribution in [1.82, 2.24) is 9.97 Å². The number of benzene rings is 3. The van der Waals surface area contributed by atoms with E-state index >= 15 is 0 Å². The molecule has 30 heavy (non-hydrogen) atoms. The first kappa shape index (κ1) is 19.9. The van der Waals surface area contributed by atoms with Crippen molar-refractivity contribution >= 4 is 17.0 Å². The average Bonchev–Trinajstić information content (AvgIpc) is 3.18. The van der Waals surface area contributed by atoms with E-state index < -0.39 is 0 Å². The van der Waals surface area contributed by atoms with Gasteiger partial charge < -0.3 is 9.72 Å². The Morgan fingerprint density at radius 1 is 0.967 bits per heavy atom. The van der Waals surface area contributed by atoms with E-state index in [-0.39, 0.29) is 5.97 Å². The number of carbonyl (C=O) groups excluding carboxylic acids is 1. The van der Waals surface area contributed by atoms with Gasteiger partial charge in [0.05, 0.1) is 23.7 Å². The number of ether oxygens (including phenoxy) is 1. The lowest BCUT2D eigenvalue weighted by Gasteiger charge is -2.10. The quantitative estimate of drug-likeness (QED) is 0.446. The van der Waals surface area contributed by atoms with Crippen LogP contribution in [0.1, 0.15) is 44.0 Å². The van der Waals surface area contributed by atoms with Crippen LogP contribution in [0.5, 0.6) is 0 Å². The second-order valence-corrected chi connectivity index (χ2v) is 7.73. The summed E-state index contributed by atoms with van der Waals surface area (Å²) in [5.74, 6) is 0.701. The molecular formula is C26H26N2O2. The Morgan fingerprint density at radius 2 is 1.70 bits per heavy atom. The van der Waals surface area contributed by atoms with Gasteiger partial charge in [0.25, 0.3) is 0 Å². The average molecular weight is 399 g/mol. The molecule has 1 aromatic heterocycles. The van der Waals surface area contributed by atoms with Gasteiger partial charge in [-0.25, -0.2) is 9.78 Å². The molecule has 1 N–H and O–H groups in total. The summed E-state index contributed by atoms with van der Waals surface area (Å²) in [6.07, 6.45) is 2.61. The Morgan fingerprint density at radius 3 is 2.40 bits per heavy atom. The normalized spacial score (nSPS) is 11.0. The lowest BCUT2D eigenvalue weighted by molar-refractivity contribution is 0.0600. The molecule has 0 saturated heterocycles. The van der Waals surface area contributed by atoms with Gasteiger partial charge in [-0.3, -0.25) is 0 Å². The summed E-state index contributed by atoms with van der Waals surface area (Å²) >= 11 is 0. The molecule has 4 rings (SSSR count). The maximum absolute atomic E-state index is 11.7. The smallest absolute Gasteiger partial charge is 0.337 e. The molecule has 4 heteroatoms. The van der Waals surface area contributed by atoms with Crippen LogP contribution in [-0.4, -0.2) is 23.0 Å². The largest absolute Gasteiger partial charge is 0.465 e. The third-order valence-electron chi connectivity index (χ3n) is 5.72. The molecule has 0 bridgehead atoms. The number of nitrogens with zero attached hydrogens (tertiary/aromatic N) is 1. The predicted molar refractivity (Wildman–Crippen MR) is 120 cm³/mol. The van der Waals surface area contributed by atoms with E-state index in [2.05, 4.69) is 49.2 Å². The lowest BCUT2D eigenvalue weighted by atomic mass is 9.95. The molecule has 3 aromatic carbocycles. The molecule has 0 unspecified atom stereocenters. The van der Waals surface area contributed by atoms with Crippen LogP contribution in [0.25, 0.3) is 11.0 Å². The van der Waals surface area contributed by atoms with Gasteiger partial charge >= 0.3 is 5.97 Å². The highest BCUT2D eigenvalue weighted by Gasteiger charge is 2.14. The number of aromatic nitrogens is 2. The van der Waals surface area contributed by atoms with Crippen LogP contribution < -0.4 is 0 Å². The highest BCUT2D eigenvalue weighted by Crippen LogP contribution is 2.27. The molecule has 0 saturated carbocycles. The zero-order valence-electron chi connectivity index (χ0n) is 17.7. The molecule has 0 spiro atoms. The van der Waals surface area contributed by atoms with E-state index in [1.807, 2.05) is 30.3 Å². The highest BCUT2D eigenvalue weighted by molar-refractivity contribution is 5.89. The molecule has 0 aliphatic rings. The van der Waals surface area contributed by atoms with E-state index in [1.165, 1.54) is 29.4 Å². The van der Waals surface area contributed by atoms with Crippen molar-refractivity contribution in [3.05, 3.63) is 99.9 Å². The Hall–Kier alpha value is -3.40. The van der Waals surface area contributed by atoms with Crippen LogP contribution in [0.3, 0.4) is 0 Å². The molecule has 0 fully saturated rings. The molecule has 152 valence electrons. The Balaban J connectivity index is 1.62. The SMILES string of the molecule is COC(=O)c1ccc(Cc2c(C)c(C)cc3[nH]c(CCc4ccccc4)nc23)cc1. The van der Waals surface area contributed by atoms with Gasteiger partial charge in [0, 0.05) is 6.42 Å². The van der Waals surface area contributed by atoms with Gasteiger partial charge in [0.15, 0.2) is 0 Å². The molecule has 0 radical (unpaired) electrons. The second kappa shape index (κ2) is 8.54. The Bertz CT molecular complexity index is 1180. The summed E-state index contributed by atoms with van der Waals surface area (Å²) in [7, 11) is 1.40. The van der Waals surface area contributed by atoms with Crippen LogP contribution in [0, 0.1) is 13.8 Å². The summed E-state index contributed by atoms with van der Waals surface area (Å²) in [6.45, 7) is 4.30. The maximum atomic E-state index is 11.7. The molecule has 0 aliphatic carbocycles. The number of rotatable bonds is 6. The van der Waals surface area contributed by atoms with Crippen molar-refractivity contribution in [2.75, 3.05) is 7.11 Å². The number of hydrogen-bond acceptors (Lipinski definition) is 3. The van der Waals surface area contributed by atoms with Crippen molar-refractivity contribution in [3.63, 3.8) is 0 Å². The van der Waals surface area contributed by atoms with E-state index in [0.717, 1.165) is 41.7 Å². The number of hydrogen-bond donors (Lipinski definition) is 1. The monoisotopic (exact) mass is 398 g/mol. The molecule has 4 aromatic rings. The molecule has 0 amide bonds. The van der Waals surface area contributed by atoms with Crippen molar-refractivity contribution in [2.45, 2.75) is 33.1 Å². The fourth-order valence-electron chi connectivity index (χ4n) is 3.84. The summed E-state index contributed by atoms with van der Waals surface area (Å²) < 4.78 is 4.79. The second-order valence-electron chi connectivity index (χ2n) is 7.73. The van der Waals surface area contributed by atoms with E-state index in [0.29, 0.717) is 5.56 Å². The molecule has 0 atom stereocenters. The third kappa shape index (κ3) is 4.13. The minimum atomic E-state index is -0.314. The van der Waals surface area contributed by atoms with Crippen molar-refractivity contribution in [2.24, 2.45) is 0 Å². The Labute approximate surface area is 176 Å². The number of carbonyl (C=O) groups is 1. The van der Waals surface area contributed by atoms with Crippen LogP contribution in [0.4, 0.5) is 0 Å². The first-order valence-electron chi connectivity index (χ1n) is 10.2. The molecule has 0 aliphatic heterocycles. The predicted octanol–water partition coefficient (Wildman–Crippen LogP) is 5.34. The third-order valence-corrected chi connectivity index (χ3v) is 5.72. The molecular weight excluding hydrogens is 372 g/mol. The fourth-order valence-corrected chi connectivity index (χ4v) is 3.84. The molecule has 4 nitrogen and oxygen atoms in total. The first-order valence-corrected chi connectivity index (χ1v) is 10.2. The van der Waals surface area contributed by atoms with Gasteiger partial charge in [-0.15, -0.1) is 0 Å². The summed E-state index contributed by atoms with van der Waals surface area (Å²) in [4.78, 5) is 20.2. The highest BCUT2D eigenvalue weighted by atomic mass is 16.5. The maximum Gasteiger partial charge on any atom is 0.337 e. The van der Waals surface area contributed by atoms with Crippen LogP contribution in [0.15, 0.2) is 60.7 Å². The summed E-state index contributed by atoms with van der Waals surface area (Å²) in [5, 5.41) is 0. The van der Waals surface area contributed by atoms with E-state index in [1.54, 1.807) is 0 Å². The van der Waals surface area contributed by atoms with Crippen molar-refractivity contribution in [3.8, 4) is 0 Å². The van der Waals surface area contributed by atoms with Crippen LogP contribution in [0.2, 0.25) is 0 Å². The molecule has 1 heterocycles. The van der Waals surface area contributed by atoms with Crippen molar-refractivity contribution in [1.29, 1.82) is 0 Å². The first-order chi connectivity index (χ1) is 14.5. The fraction of sp³-hybridized carbons (Fsp3) is 0.231. The number of aromatic amines is 1. The summed E-state index contributed by atoms with van der Waals surface area (Å²) in [6, 6.07) is 20.3. The topological polar surface area (TPSA) is 55.0 Å². The van der Waals surface area contributed by atoms with Gasteiger partial charge in [0.2, 0.25) is 0 Å². The minimum Gasteiger partial charge on any atom is -0.465 e. The van der Waals surface area contributed by atoms with Gasteiger partial charge in [-0.1, -0.05) is 42.5 Å². The van der Waals surface area contributed by atoms with Gasteiger partial charge in [-0.05, 0) is 72.7 Å².